The highest BCUT2D eigenvalue weighted by atomic mass is 35.5. The van der Waals surface area contributed by atoms with E-state index in [9.17, 15) is 14.4 Å². The molecule has 180 valence electrons. The lowest BCUT2D eigenvalue weighted by Gasteiger charge is -2.37. The number of carbonyl (C=O) groups is 3. The molecule has 1 heterocycles. The molecule has 35 heavy (non-hydrogen) atoms. The molecule has 2 aliphatic carbocycles. The Labute approximate surface area is 209 Å². The summed E-state index contributed by atoms with van der Waals surface area (Å²) in [4.78, 5) is 38.8. The Bertz CT molecular complexity index is 1250. The molecule has 0 atom stereocenters. The van der Waals surface area contributed by atoms with Crippen molar-refractivity contribution in [1.82, 2.24) is 5.32 Å². The SMILES string of the molecule is Cc1cccc(NC(=O)COc2ccc(Cl)cc2C2C3=C(CCCC3=O)NC3=C2C(=O)CCC3)c1. The third-order valence-corrected chi connectivity index (χ3v) is 6.97. The first-order chi connectivity index (χ1) is 16.9. The number of anilines is 1. The summed E-state index contributed by atoms with van der Waals surface area (Å²) in [6, 6.07) is 12.7. The van der Waals surface area contributed by atoms with Gasteiger partial charge in [0.05, 0.1) is 0 Å². The number of rotatable bonds is 5. The lowest BCUT2D eigenvalue weighted by molar-refractivity contribution is -0.119. The quantitative estimate of drug-likeness (QED) is 0.588. The van der Waals surface area contributed by atoms with Crippen molar-refractivity contribution in [1.29, 1.82) is 0 Å². The van der Waals surface area contributed by atoms with Gasteiger partial charge in [-0.25, -0.2) is 0 Å². The van der Waals surface area contributed by atoms with E-state index < -0.39 is 5.92 Å². The van der Waals surface area contributed by atoms with Crippen molar-refractivity contribution in [2.24, 2.45) is 0 Å². The van der Waals surface area contributed by atoms with Crippen molar-refractivity contribution >= 4 is 34.8 Å². The van der Waals surface area contributed by atoms with Crippen LogP contribution in [-0.2, 0) is 14.4 Å². The summed E-state index contributed by atoms with van der Waals surface area (Å²) < 4.78 is 5.98. The first-order valence-corrected chi connectivity index (χ1v) is 12.4. The zero-order valence-electron chi connectivity index (χ0n) is 19.6. The second-order valence-electron chi connectivity index (χ2n) is 9.28. The zero-order chi connectivity index (χ0) is 24.5. The number of benzene rings is 2. The van der Waals surface area contributed by atoms with Crippen LogP contribution in [0.5, 0.6) is 5.75 Å². The van der Waals surface area contributed by atoms with Crippen LogP contribution in [0.4, 0.5) is 5.69 Å². The molecule has 0 fully saturated rings. The number of nitrogens with one attached hydrogen (secondary N) is 2. The minimum Gasteiger partial charge on any atom is -0.483 e. The highest BCUT2D eigenvalue weighted by molar-refractivity contribution is 6.30. The first kappa shape index (κ1) is 23.4. The third-order valence-electron chi connectivity index (χ3n) is 6.73. The number of carbonyl (C=O) groups excluding carboxylic acids is 3. The van der Waals surface area contributed by atoms with Gasteiger partial charge in [0.2, 0.25) is 0 Å². The molecule has 0 bridgehead atoms. The highest BCUT2D eigenvalue weighted by Gasteiger charge is 2.41. The average molecular weight is 491 g/mol. The lowest BCUT2D eigenvalue weighted by atomic mass is 9.71. The van der Waals surface area contributed by atoms with E-state index in [0.717, 1.165) is 42.6 Å². The Kier molecular flexibility index (Phi) is 6.48. The third kappa shape index (κ3) is 4.76. The summed E-state index contributed by atoms with van der Waals surface area (Å²) in [5.41, 5.74) is 5.41. The van der Waals surface area contributed by atoms with Gasteiger partial charge in [-0.15, -0.1) is 0 Å². The number of hydrogen-bond acceptors (Lipinski definition) is 5. The van der Waals surface area contributed by atoms with Gasteiger partial charge >= 0.3 is 0 Å². The minimum absolute atomic E-state index is 0.0387. The maximum atomic E-state index is 13.1. The molecule has 0 spiro atoms. The van der Waals surface area contributed by atoms with Crippen molar-refractivity contribution < 1.29 is 19.1 Å². The number of ether oxygens (including phenoxy) is 1. The van der Waals surface area contributed by atoms with Gasteiger partial charge in [0.1, 0.15) is 5.75 Å². The molecule has 5 rings (SSSR count). The number of dihydropyridines is 1. The van der Waals surface area contributed by atoms with Gasteiger partial charge in [-0.2, -0.15) is 0 Å². The Morgan fingerprint density at radius 1 is 1.00 bits per heavy atom. The fraction of sp³-hybridized carbons (Fsp3) is 0.321. The van der Waals surface area contributed by atoms with Gasteiger partial charge in [0.15, 0.2) is 18.2 Å². The molecule has 0 saturated heterocycles. The Hall–Kier alpha value is -3.38. The van der Waals surface area contributed by atoms with Gasteiger partial charge in [0.25, 0.3) is 5.91 Å². The normalized spacial score (nSPS) is 18.1. The fourth-order valence-corrected chi connectivity index (χ4v) is 5.41. The summed E-state index contributed by atoms with van der Waals surface area (Å²) >= 11 is 6.39. The molecule has 2 N–H and O–H groups in total. The summed E-state index contributed by atoms with van der Waals surface area (Å²) in [6.07, 6.45) is 3.99. The van der Waals surface area contributed by atoms with Gasteiger partial charge < -0.3 is 15.4 Å². The van der Waals surface area contributed by atoms with Crippen molar-refractivity contribution in [2.45, 2.75) is 51.4 Å². The van der Waals surface area contributed by atoms with E-state index in [1.807, 2.05) is 31.2 Å². The number of Topliss-reactive ketones (excluding diaryl/α,β-unsaturated/α-hetero) is 2. The standard InChI is InChI=1S/C28H27ClN2O4/c1-16-5-2-6-18(13-16)30-25(34)15-35-24-12-11-17(29)14-19(24)26-27-20(7-3-9-22(27)32)31-21-8-4-10-23(33)28(21)26/h2,5-6,11-14,26,31H,3-4,7-10,15H2,1H3,(H,30,34). The molecule has 7 heteroatoms. The van der Waals surface area contributed by atoms with E-state index in [2.05, 4.69) is 10.6 Å². The maximum Gasteiger partial charge on any atom is 0.262 e. The number of amides is 1. The zero-order valence-corrected chi connectivity index (χ0v) is 20.3. The molecule has 0 saturated carbocycles. The van der Waals surface area contributed by atoms with E-state index in [4.69, 9.17) is 16.3 Å². The minimum atomic E-state index is -0.546. The molecule has 0 unspecified atom stereocenters. The van der Waals surface area contributed by atoms with E-state index in [1.165, 1.54) is 0 Å². The van der Waals surface area contributed by atoms with Crippen LogP contribution in [-0.4, -0.2) is 24.1 Å². The van der Waals surface area contributed by atoms with Crippen LogP contribution in [0.1, 0.15) is 55.6 Å². The predicted molar refractivity (Wildman–Crippen MR) is 134 cm³/mol. The topological polar surface area (TPSA) is 84.5 Å². The molecule has 2 aromatic rings. The lowest BCUT2D eigenvalue weighted by Crippen LogP contribution is -2.36. The Morgan fingerprint density at radius 2 is 1.69 bits per heavy atom. The molecule has 2 aromatic carbocycles. The molecule has 6 nitrogen and oxygen atoms in total. The number of halogens is 1. The van der Waals surface area contributed by atoms with Crippen LogP contribution in [0, 0.1) is 6.92 Å². The molecule has 3 aliphatic rings. The number of ketones is 2. The summed E-state index contributed by atoms with van der Waals surface area (Å²) in [6.45, 7) is 1.74. The van der Waals surface area contributed by atoms with Crippen molar-refractivity contribution in [3.8, 4) is 5.75 Å². The van der Waals surface area contributed by atoms with Crippen molar-refractivity contribution in [2.75, 3.05) is 11.9 Å². The summed E-state index contributed by atoms with van der Waals surface area (Å²) in [5.74, 6) is -0.329. The predicted octanol–water partition coefficient (Wildman–Crippen LogP) is 5.37. The van der Waals surface area contributed by atoms with Crippen LogP contribution in [0.15, 0.2) is 65.0 Å². The van der Waals surface area contributed by atoms with Crippen LogP contribution >= 0.6 is 11.6 Å². The van der Waals surface area contributed by atoms with Gasteiger partial charge in [0, 0.05) is 57.6 Å². The molecule has 1 aliphatic heterocycles. The average Bonchev–Trinajstić information content (AvgIpc) is 2.82. The number of allylic oxidation sites excluding steroid dienone is 4. The molecule has 0 aromatic heterocycles. The first-order valence-electron chi connectivity index (χ1n) is 12.0. The van der Waals surface area contributed by atoms with Gasteiger partial charge in [-0.3, -0.25) is 14.4 Å². The number of aryl methyl sites for hydroxylation is 1. The van der Waals surface area contributed by atoms with Gasteiger partial charge in [-0.1, -0.05) is 23.7 Å². The summed E-state index contributed by atoms with van der Waals surface area (Å²) in [7, 11) is 0. The molecule has 1 amide bonds. The van der Waals surface area contributed by atoms with E-state index in [1.54, 1.807) is 18.2 Å². The van der Waals surface area contributed by atoms with E-state index in [0.29, 0.717) is 46.0 Å². The summed E-state index contributed by atoms with van der Waals surface area (Å²) in [5, 5.41) is 6.73. The molecule has 0 radical (unpaired) electrons. The van der Waals surface area contributed by atoms with Crippen molar-refractivity contribution in [3.63, 3.8) is 0 Å². The van der Waals surface area contributed by atoms with Crippen LogP contribution in [0.25, 0.3) is 0 Å². The second-order valence-corrected chi connectivity index (χ2v) is 9.72. The van der Waals surface area contributed by atoms with E-state index in [-0.39, 0.29) is 24.1 Å². The van der Waals surface area contributed by atoms with Crippen LogP contribution in [0.2, 0.25) is 5.02 Å². The van der Waals surface area contributed by atoms with E-state index >= 15 is 0 Å². The number of hydrogen-bond donors (Lipinski definition) is 2. The second kappa shape index (κ2) is 9.70. The largest absolute Gasteiger partial charge is 0.483 e. The van der Waals surface area contributed by atoms with Crippen LogP contribution < -0.4 is 15.4 Å². The Morgan fingerprint density at radius 3 is 2.34 bits per heavy atom. The monoisotopic (exact) mass is 490 g/mol. The smallest absolute Gasteiger partial charge is 0.262 e. The molecular weight excluding hydrogens is 464 g/mol. The fourth-order valence-electron chi connectivity index (χ4n) is 5.23. The van der Waals surface area contributed by atoms with Crippen molar-refractivity contribution in [3.05, 3.63) is 81.2 Å². The Balaban J connectivity index is 1.49. The van der Waals surface area contributed by atoms with Gasteiger partial charge in [-0.05, 0) is 68.5 Å². The highest BCUT2D eigenvalue weighted by Crippen LogP contribution is 2.48. The maximum absolute atomic E-state index is 13.1. The van der Waals surface area contributed by atoms with Crippen LogP contribution in [0.3, 0.4) is 0 Å². The molecular formula is C28H27ClN2O4.